The number of benzene rings is 12. The largest absolute Gasteiger partial charge is 0.455 e. The molecular formula is C69H43NO. The van der Waals surface area contributed by atoms with Crippen molar-refractivity contribution in [2.75, 3.05) is 4.90 Å². The van der Waals surface area contributed by atoms with Gasteiger partial charge in [0.05, 0.1) is 16.8 Å². The van der Waals surface area contributed by atoms with Crippen molar-refractivity contribution in [1.29, 1.82) is 0 Å². The molecule has 0 atom stereocenters. The van der Waals surface area contributed by atoms with Crippen LogP contribution in [0, 0.1) is 0 Å². The number of para-hydroxylation sites is 1. The molecule has 330 valence electrons. The zero-order valence-corrected chi connectivity index (χ0v) is 38.7. The molecule has 0 fully saturated rings. The van der Waals surface area contributed by atoms with Gasteiger partial charge in [0.25, 0.3) is 0 Å². The van der Waals surface area contributed by atoms with Gasteiger partial charge in [0.2, 0.25) is 0 Å². The van der Waals surface area contributed by atoms with Gasteiger partial charge >= 0.3 is 0 Å². The summed E-state index contributed by atoms with van der Waals surface area (Å²) in [5.74, 6) is 0. The Bertz CT molecular complexity index is 4260. The first-order valence-electron chi connectivity index (χ1n) is 24.6. The van der Waals surface area contributed by atoms with E-state index in [0.717, 1.165) is 61.1 Å². The molecule has 13 aromatic rings. The van der Waals surface area contributed by atoms with E-state index in [0.29, 0.717) is 0 Å². The number of rotatable bonds is 6. The smallest absolute Gasteiger partial charge is 0.143 e. The fraction of sp³-hybridized carbons (Fsp3) is 0.0145. The SMILES string of the molecule is c1cc(-c2ccc(N(c3ccccc3-c3ccc4oc5c6ccccc6ccc5c4c3)c3cccc4c3-c3ccccc3C43c4ccccc4-c4ccccc43)cc2)cc(-c2cccc3ccccc23)c1. The summed E-state index contributed by atoms with van der Waals surface area (Å²) in [4.78, 5) is 2.51. The van der Waals surface area contributed by atoms with Gasteiger partial charge in [-0.05, 0) is 131 Å². The van der Waals surface area contributed by atoms with Crippen molar-refractivity contribution < 1.29 is 4.42 Å². The highest BCUT2D eigenvalue weighted by atomic mass is 16.3. The molecule has 15 rings (SSSR count). The van der Waals surface area contributed by atoms with Gasteiger partial charge in [-0.1, -0.05) is 212 Å². The molecule has 0 radical (unpaired) electrons. The van der Waals surface area contributed by atoms with Gasteiger partial charge in [0.1, 0.15) is 11.2 Å². The second-order valence-electron chi connectivity index (χ2n) is 19.1. The maximum absolute atomic E-state index is 6.64. The first kappa shape index (κ1) is 39.7. The minimum atomic E-state index is -0.475. The van der Waals surface area contributed by atoms with Crippen molar-refractivity contribution in [1.82, 2.24) is 0 Å². The highest BCUT2D eigenvalue weighted by molar-refractivity contribution is 6.16. The van der Waals surface area contributed by atoms with Crippen LogP contribution in [-0.4, -0.2) is 0 Å². The number of fused-ring (bicyclic) bond motifs is 16. The number of hydrogen-bond acceptors (Lipinski definition) is 2. The van der Waals surface area contributed by atoms with Gasteiger partial charge in [-0.3, -0.25) is 0 Å². The van der Waals surface area contributed by atoms with E-state index >= 15 is 0 Å². The Kier molecular flexibility index (Phi) is 8.61. The molecule has 0 aliphatic heterocycles. The molecule has 12 aromatic carbocycles. The van der Waals surface area contributed by atoms with Crippen LogP contribution in [0.5, 0.6) is 0 Å². The molecule has 1 spiro atoms. The summed E-state index contributed by atoms with van der Waals surface area (Å²) in [5.41, 5.74) is 22.1. The molecule has 2 heteroatoms. The molecule has 2 aliphatic rings. The maximum Gasteiger partial charge on any atom is 0.143 e. The van der Waals surface area contributed by atoms with Crippen LogP contribution in [0.2, 0.25) is 0 Å². The third-order valence-corrected chi connectivity index (χ3v) is 15.5. The molecule has 2 nitrogen and oxygen atoms in total. The monoisotopic (exact) mass is 901 g/mol. The van der Waals surface area contributed by atoms with Crippen LogP contribution < -0.4 is 4.90 Å². The lowest BCUT2D eigenvalue weighted by atomic mass is 9.70. The summed E-state index contributed by atoms with van der Waals surface area (Å²) in [6.07, 6.45) is 0. The van der Waals surface area contributed by atoms with E-state index < -0.39 is 5.41 Å². The predicted molar refractivity (Wildman–Crippen MR) is 296 cm³/mol. The summed E-state index contributed by atoms with van der Waals surface area (Å²) in [5, 5.41) is 7.03. The third kappa shape index (κ3) is 5.77. The van der Waals surface area contributed by atoms with Crippen LogP contribution in [0.25, 0.3) is 99.1 Å². The number of nitrogens with zero attached hydrogens (tertiary/aromatic N) is 1. The molecule has 2 aliphatic carbocycles. The molecule has 0 N–H and O–H groups in total. The Morgan fingerprint density at radius 1 is 0.296 bits per heavy atom. The Morgan fingerprint density at radius 2 is 0.831 bits per heavy atom. The molecule has 0 saturated carbocycles. The highest BCUT2D eigenvalue weighted by Crippen LogP contribution is 2.65. The number of hydrogen-bond donors (Lipinski definition) is 0. The molecular weight excluding hydrogens is 859 g/mol. The quantitative estimate of drug-likeness (QED) is 0.165. The van der Waals surface area contributed by atoms with Crippen LogP contribution in [0.3, 0.4) is 0 Å². The number of anilines is 3. The van der Waals surface area contributed by atoms with E-state index in [1.165, 1.54) is 77.4 Å². The Hall–Kier alpha value is -9.24. The predicted octanol–water partition coefficient (Wildman–Crippen LogP) is 18.7. The van der Waals surface area contributed by atoms with Crippen molar-refractivity contribution in [3.8, 4) is 55.6 Å². The molecule has 0 amide bonds. The summed E-state index contributed by atoms with van der Waals surface area (Å²) < 4.78 is 6.64. The zero-order chi connectivity index (χ0) is 46.6. The van der Waals surface area contributed by atoms with E-state index in [2.05, 4.69) is 266 Å². The molecule has 71 heavy (non-hydrogen) atoms. The highest BCUT2D eigenvalue weighted by Gasteiger charge is 2.52. The van der Waals surface area contributed by atoms with Crippen molar-refractivity contribution in [3.63, 3.8) is 0 Å². The molecule has 1 heterocycles. The van der Waals surface area contributed by atoms with E-state index in [4.69, 9.17) is 4.42 Å². The number of furan rings is 1. The van der Waals surface area contributed by atoms with Crippen LogP contribution in [0.1, 0.15) is 22.3 Å². The van der Waals surface area contributed by atoms with Crippen molar-refractivity contribution >= 4 is 60.5 Å². The van der Waals surface area contributed by atoms with Gasteiger partial charge < -0.3 is 9.32 Å². The van der Waals surface area contributed by atoms with Gasteiger partial charge in [0, 0.05) is 33.0 Å². The minimum Gasteiger partial charge on any atom is -0.455 e. The molecule has 0 unspecified atom stereocenters. The van der Waals surface area contributed by atoms with Gasteiger partial charge in [-0.25, -0.2) is 0 Å². The molecule has 0 bridgehead atoms. The maximum atomic E-state index is 6.64. The summed E-state index contributed by atoms with van der Waals surface area (Å²) in [7, 11) is 0. The average molecular weight is 902 g/mol. The van der Waals surface area contributed by atoms with Crippen LogP contribution in [0.4, 0.5) is 17.1 Å². The van der Waals surface area contributed by atoms with Crippen molar-refractivity contribution in [2.24, 2.45) is 0 Å². The molecule has 1 aromatic heterocycles. The van der Waals surface area contributed by atoms with Crippen molar-refractivity contribution in [2.45, 2.75) is 5.41 Å². The minimum absolute atomic E-state index is 0.475. The van der Waals surface area contributed by atoms with Crippen LogP contribution >= 0.6 is 0 Å². The Balaban J connectivity index is 0.945. The zero-order valence-electron chi connectivity index (χ0n) is 38.7. The summed E-state index contributed by atoms with van der Waals surface area (Å²) >= 11 is 0. The lowest BCUT2D eigenvalue weighted by Gasteiger charge is -2.32. The average Bonchev–Trinajstić information content (AvgIpc) is 4.08. The second kappa shape index (κ2) is 15.4. The summed E-state index contributed by atoms with van der Waals surface area (Å²) in [6.45, 7) is 0. The lowest BCUT2D eigenvalue weighted by Crippen LogP contribution is -2.26. The van der Waals surface area contributed by atoms with Crippen LogP contribution in [0.15, 0.2) is 265 Å². The van der Waals surface area contributed by atoms with Gasteiger partial charge in [0.15, 0.2) is 0 Å². The van der Waals surface area contributed by atoms with Gasteiger partial charge in [-0.15, -0.1) is 0 Å². The fourth-order valence-electron chi connectivity index (χ4n) is 12.4. The topological polar surface area (TPSA) is 16.4 Å². The van der Waals surface area contributed by atoms with E-state index in [1.54, 1.807) is 0 Å². The standard InChI is InChI=1S/C69H43NO/c1-3-21-51-45(16-1)18-14-27-52(51)48-20-13-19-47(42-48)44-34-38-50(39-35-44)70(64-32-12-8-22-53(64)49-37-41-66-59(43-49)57-40-36-46-17-2-4-23-54(46)68(57)71-66)65-33-15-31-63-67(65)58-26-7-11-30-62(58)69(63)60-28-9-5-24-55(60)56-25-6-10-29-61(56)69/h1-43H. The lowest BCUT2D eigenvalue weighted by molar-refractivity contribution is 0.672. The first-order valence-corrected chi connectivity index (χ1v) is 24.6. The fourth-order valence-corrected chi connectivity index (χ4v) is 12.4. The third-order valence-electron chi connectivity index (χ3n) is 15.5. The Labute approximate surface area is 412 Å². The first-order chi connectivity index (χ1) is 35.2. The second-order valence-corrected chi connectivity index (χ2v) is 19.1. The van der Waals surface area contributed by atoms with E-state index in [1.807, 2.05) is 0 Å². The van der Waals surface area contributed by atoms with Gasteiger partial charge in [-0.2, -0.15) is 0 Å². The Morgan fingerprint density at radius 3 is 1.62 bits per heavy atom. The van der Waals surface area contributed by atoms with Crippen LogP contribution in [-0.2, 0) is 5.41 Å². The summed E-state index contributed by atoms with van der Waals surface area (Å²) in [6, 6.07) is 96.2. The van der Waals surface area contributed by atoms with E-state index in [-0.39, 0.29) is 0 Å². The van der Waals surface area contributed by atoms with Crippen molar-refractivity contribution in [3.05, 3.63) is 283 Å². The molecule has 0 saturated heterocycles. The van der Waals surface area contributed by atoms with E-state index in [9.17, 15) is 0 Å². The normalized spacial score (nSPS) is 12.9.